The van der Waals surface area contributed by atoms with Crippen molar-refractivity contribution >= 4 is 22.6 Å². The van der Waals surface area contributed by atoms with Gasteiger partial charge in [0, 0.05) is 24.1 Å². The molecule has 3 aromatic rings. The van der Waals surface area contributed by atoms with Crippen molar-refractivity contribution in [3.05, 3.63) is 59.7 Å². The van der Waals surface area contributed by atoms with Gasteiger partial charge in [0.1, 0.15) is 11.6 Å². The van der Waals surface area contributed by atoms with Gasteiger partial charge < -0.3 is 0 Å². The summed E-state index contributed by atoms with van der Waals surface area (Å²) in [5.41, 5.74) is 3.82. The molecule has 0 amide bonds. The smallest absolute Gasteiger partial charge is 0.125 e. The summed E-state index contributed by atoms with van der Waals surface area (Å²) in [4.78, 5) is 4.58. The van der Waals surface area contributed by atoms with Gasteiger partial charge in [0.25, 0.3) is 0 Å². The summed E-state index contributed by atoms with van der Waals surface area (Å²) in [6, 6.07) is 12.9. The number of aromatic nitrogens is 2. The number of hydrogen-bond donors (Lipinski definition) is 0. The van der Waals surface area contributed by atoms with Gasteiger partial charge >= 0.3 is 0 Å². The minimum atomic E-state index is -0.245. The highest BCUT2D eigenvalue weighted by atomic mass is 35.5. The SMILES string of the molecule is CCc1nc2ccc(F)cc2n1-c1ccc(CCCl)cc1. The van der Waals surface area contributed by atoms with Gasteiger partial charge in [-0.3, -0.25) is 4.57 Å². The fraction of sp³-hybridized carbons (Fsp3) is 0.235. The standard InChI is InChI=1S/C17H16ClFN2/c1-2-17-20-15-8-5-13(19)11-16(15)21(17)14-6-3-12(4-7-14)9-10-18/h3-8,11H,2,9-10H2,1H3. The molecule has 0 atom stereocenters. The van der Waals surface area contributed by atoms with E-state index in [-0.39, 0.29) is 5.82 Å². The first-order valence-electron chi connectivity index (χ1n) is 7.05. The lowest BCUT2D eigenvalue weighted by molar-refractivity contribution is 0.629. The summed E-state index contributed by atoms with van der Waals surface area (Å²) in [6.45, 7) is 2.05. The average molecular weight is 303 g/mol. The minimum absolute atomic E-state index is 0.245. The van der Waals surface area contributed by atoms with Crippen molar-refractivity contribution in [1.82, 2.24) is 9.55 Å². The predicted octanol–water partition coefficient (Wildman–Crippen LogP) is 4.51. The van der Waals surface area contributed by atoms with Crippen LogP contribution in [0.1, 0.15) is 18.3 Å². The third-order valence-corrected chi connectivity index (χ3v) is 3.77. The highest BCUT2D eigenvalue weighted by Crippen LogP contribution is 2.23. The molecular formula is C17H16ClFN2. The van der Waals surface area contributed by atoms with Crippen LogP contribution in [0, 0.1) is 5.82 Å². The molecule has 0 N–H and O–H groups in total. The maximum absolute atomic E-state index is 13.6. The summed E-state index contributed by atoms with van der Waals surface area (Å²) >= 11 is 5.76. The quantitative estimate of drug-likeness (QED) is 0.648. The van der Waals surface area contributed by atoms with Gasteiger partial charge in [0.2, 0.25) is 0 Å². The van der Waals surface area contributed by atoms with Crippen LogP contribution < -0.4 is 0 Å². The van der Waals surface area contributed by atoms with Crippen molar-refractivity contribution in [2.75, 3.05) is 5.88 Å². The molecule has 0 radical (unpaired) electrons. The zero-order chi connectivity index (χ0) is 14.8. The average Bonchev–Trinajstić information content (AvgIpc) is 2.86. The molecule has 4 heteroatoms. The number of nitrogens with zero attached hydrogens (tertiary/aromatic N) is 2. The van der Waals surface area contributed by atoms with Crippen molar-refractivity contribution in [2.45, 2.75) is 19.8 Å². The molecule has 0 aliphatic heterocycles. The van der Waals surface area contributed by atoms with E-state index in [1.165, 1.54) is 17.7 Å². The Hall–Kier alpha value is -1.87. The zero-order valence-electron chi connectivity index (χ0n) is 11.8. The lowest BCUT2D eigenvalue weighted by atomic mass is 10.1. The first kappa shape index (κ1) is 14.1. The van der Waals surface area contributed by atoms with Gasteiger partial charge in [-0.05, 0) is 36.2 Å². The lowest BCUT2D eigenvalue weighted by Gasteiger charge is -2.09. The first-order chi connectivity index (χ1) is 10.2. The Balaban J connectivity index is 2.15. The van der Waals surface area contributed by atoms with Crippen LogP contribution in [0.3, 0.4) is 0 Å². The topological polar surface area (TPSA) is 17.8 Å². The molecular weight excluding hydrogens is 287 g/mol. The van der Waals surface area contributed by atoms with Gasteiger partial charge in [-0.15, -0.1) is 11.6 Å². The van der Waals surface area contributed by atoms with Gasteiger partial charge in [-0.1, -0.05) is 19.1 Å². The van der Waals surface area contributed by atoms with E-state index in [0.29, 0.717) is 5.88 Å². The van der Waals surface area contributed by atoms with Crippen LogP contribution in [-0.4, -0.2) is 15.4 Å². The third kappa shape index (κ3) is 2.66. The van der Waals surface area contributed by atoms with Gasteiger partial charge in [0.15, 0.2) is 0 Å². The van der Waals surface area contributed by atoms with Crippen molar-refractivity contribution in [3.8, 4) is 5.69 Å². The molecule has 0 saturated heterocycles. The third-order valence-electron chi connectivity index (χ3n) is 3.58. The first-order valence-corrected chi connectivity index (χ1v) is 7.58. The van der Waals surface area contributed by atoms with Crippen molar-refractivity contribution < 1.29 is 4.39 Å². The fourth-order valence-electron chi connectivity index (χ4n) is 2.54. The van der Waals surface area contributed by atoms with Crippen LogP contribution in [-0.2, 0) is 12.8 Å². The van der Waals surface area contributed by atoms with Crippen LogP contribution in [0.5, 0.6) is 0 Å². The molecule has 1 heterocycles. The van der Waals surface area contributed by atoms with Crippen LogP contribution in [0.2, 0.25) is 0 Å². The Bertz CT molecular complexity index is 762. The normalized spacial score (nSPS) is 11.2. The number of imidazole rings is 1. The van der Waals surface area contributed by atoms with Crippen LogP contribution >= 0.6 is 11.6 Å². The molecule has 0 aliphatic rings. The fourth-order valence-corrected chi connectivity index (χ4v) is 2.76. The molecule has 0 unspecified atom stereocenters. The Kier molecular flexibility index (Phi) is 3.93. The maximum atomic E-state index is 13.6. The second-order valence-electron chi connectivity index (χ2n) is 4.96. The van der Waals surface area contributed by atoms with E-state index in [4.69, 9.17) is 11.6 Å². The number of fused-ring (bicyclic) bond motifs is 1. The van der Waals surface area contributed by atoms with E-state index < -0.39 is 0 Å². The van der Waals surface area contributed by atoms with E-state index in [1.807, 2.05) is 16.7 Å². The molecule has 2 aromatic carbocycles. The summed E-state index contributed by atoms with van der Waals surface area (Å²) in [7, 11) is 0. The Morgan fingerprint density at radius 1 is 1.14 bits per heavy atom. The molecule has 1 aromatic heterocycles. The molecule has 2 nitrogen and oxygen atoms in total. The van der Waals surface area contributed by atoms with E-state index >= 15 is 0 Å². The largest absolute Gasteiger partial charge is 0.296 e. The van der Waals surface area contributed by atoms with Crippen molar-refractivity contribution in [1.29, 1.82) is 0 Å². The molecule has 21 heavy (non-hydrogen) atoms. The molecule has 0 spiro atoms. The molecule has 0 bridgehead atoms. The zero-order valence-corrected chi connectivity index (χ0v) is 12.6. The molecule has 0 fully saturated rings. The number of halogens is 2. The molecule has 0 saturated carbocycles. The number of alkyl halides is 1. The Labute approximate surface area is 128 Å². The number of aryl methyl sites for hydroxylation is 2. The van der Waals surface area contributed by atoms with E-state index in [0.717, 1.165) is 35.4 Å². The summed E-state index contributed by atoms with van der Waals surface area (Å²) in [5, 5.41) is 0. The Morgan fingerprint density at radius 2 is 1.90 bits per heavy atom. The van der Waals surface area contributed by atoms with E-state index in [9.17, 15) is 4.39 Å². The summed E-state index contributed by atoms with van der Waals surface area (Å²) in [5.74, 6) is 1.30. The number of hydrogen-bond acceptors (Lipinski definition) is 1. The summed E-state index contributed by atoms with van der Waals surface area (Å²) < 4.78 is 15.6. The molecule has 0 aliphatic carbocycles. The van der Waals surface area contributed by atoms with Crippen LogP contribution in [0.4, 0.5) is 4.39 Å². The van der Waals surface area contributed by atoms with E-state index in [1.54, 1.807) is 6.07 Å². The summed E-state index contributed by atoms with van der Waals surface area (Å²) in [6.07, 6.45) is 1.64. The minimum Gasteiger partial charge on any atom is -0.296 e. The van der Waals surface area contributed by atoms with Crippen molar-refractivity contribution in [2.24, 2.45) is 0 Å². The number of benzene rings is 2. The maximum Gasteiger partial charge on any atom is 0.125 e. The predicted molar refractivity (Wildman–Crippen MR) is 84.8 cm³/mol. The highest BCUT2D eigenvalue weighted by Gasteiger charge is 2.11. The Morgan fingerprint density at radius 3 is 2.57 bits per heavy atom. The monoisotopic (exact) mass is 302 g/mol. The second-order valence-corrected chi connectivity index (χ2v) is 5.33. The molecule has 108 valence electrons. The van der Waals surface area contributed by atoms with Crippen molar-refractivity contribution in [3.63, 3.8) is 0 Å². The number of rotatable bonds is 4. The molecule has 3 rings (SSSR count). The van der Waals surface area contributed by atoms with E-state index in [2.05, 4.69) is 24.0 Å². The van der Waals surface area contributed by atoms with Gasteiger partial charge in [0.05, 0.1) is 11.0 Å². The van der Waals surface area contributed by atoms with Gasteiger partial charge in [-0.2, -0.15) is 0 Å². The van der Waals surface area contributed by atoms with Gasteiger partial charge in [-0.25, -0.2) is 9.37 Å². The highest BCUT2D eigenvalue weighted by molar-refractivity contribution is 6.17. The lowest BCUT2D eigenvalue weighted by Crippen LogP contribution is -2.00. The second kappa shape index (κ2) is 5.86. The van der Waals surface area contributed by atoms with Crippen LogP contribution in [0.25, 0.3) is 16.7 Å². The van der Waals surface area contributed by atoms with Crippen LogP contribution in [0.15, 0.2) is 42.5 Å².